The average molecular weight is 233 g/mol. The second-order valence-corrected chi connectivity index (χ2v) is 3.93. The molecule has 0 aliphatic rings. The van der Waals surface area contributed by atoms with Gasteiger partial charge in [0.25, 0.3) is 0 Å². The first kappa shape index (κ1) is 13.0. The Balaban J connectivity index is 3.23. The van der Waals surface area contributed by atoms with Gasteiger partial charge in [-0.3, -0.25) is 0 Å². The van der Waals surface area contributed by atoms with Crippen molar-refractivity contribution in [3.63, 3.8) is 0 Å². The summed E-state index contributed by atoms with van der Waals surface area (Å²) in [4.78, 5) is 0. The van der Waals surface area contributed by atoms with Gasteiger partial charge in [-0.15, -0.1) is 0 Å². The summed E-state index contributed by atoms with van der Waals surface area (Å²) in [5.74, 6) is 0. The number of aliphatic hydroxyl groups excluding tert-OH is 1. The highest BCUT2D eigenvalue weighted by molar-refractivity contribution is 5.35. The van der Waals surface area contributed by atoms with Gasteiger partial charge in [0.1, 0.15) is 0 Å². The van der Waals surface area contributed by atoms with E-state index in [2.05, 4.69) is 0 Å². The molecule has 1 rings (SSSR count). The third-order valence-corrected chi connectivity index (χ3v) is 2.48. The Morgan fingerprint density at radius 3 is 2.12 bits per heavy atom. The van der Waals surface area contributed by atoms with E-state index in [4.69, 9.17) is 10.8 Å². The maximum Gasteiger partial charge on any atom is 0.416 e. The van der Waals surface area contributed by atoms with Crippen LogP contribution in [-0.2, 0) is 11.7 Å². The lowest BCUT2D eigenvalue weighted by Crippen LogP contribution is -2.36. The molecule has 1 aromatic rings. The van der Waals surface area contributed by atoms with Crippen LogP contribution in [0.4, 0.5) is 13.2 Å². The Morgan fingerprint density at radius 2 is 1.69 bits per heavy atom. The molecular formula is C11H14F3NO. The molecule has 5 heteroatoms. The standard InChI is InChI=1S/C11H14F3NO/c1-10(15,6-7-16)8-4-2-3-5-9(8)11(12,13)14/h2-5,16H,6-7,15H2,1H3. The van der Waals surface area contributed by atoms with E-state index in [0.29, 0.717) is 0 Å². The monoisotopic (exact) mass is 233 g/mol. The minimum Gasteiger partial charge on any atom is -0.396 e. The molecule has 0 bridgehead atoms. The average Bonchev–Trinajstić information content (AvgIpc) is 2.16. The fourth-order valence-corrected chi connectivity index (χ4v) is 1.60. The first-order valence-corrected chi connectivity index (χ1v) is 4.85. The molecule has 1 aromatic carbocycles. The van der Waals surface area contributed by atoms with Crippen molar-refractivity contribution in [2.24, 2.45) is 5.73 Å². The predicted molar refractivity (Wildman–Crippen MR) is 54.7 cm³/mol. The molecule has 3 N–H and O–H groups in total. The van der Waals surface area contributed by atoms with Crippen LogP contribution in [0, 0.1) is 0 Å². The summed E-state index contributed by atoms with van der Waals surface area (Å²) >= 11 is 0. The number of hydrogen-bond acceptors (Lipinski definition) is 2. The molecule has 16 heavy (non-hydrogen) atoms. The Kier molecular flexibility index (Phi) is 3.60. The first-order valence-electron chi connectivity index (χ1n) is 4.85. The van der Waals surface area contributed by atoms with Crippen LogP contribution < -0.4 is 5.73 Å². The lowest BCUT2D eigenvalue weighted by atomic mass is 9.86. The Morgan fingerprint density at radius 1 is 1.19 bits per heavy atom. The maximum absolute atomic E-state index is 12.7. The second kappa shape index (κ2) is 4.43. The summed E-state index contributed by atoms with van der Waals surface area (Å²) in [6, 6.07) is 5.17. The molecule has 0 aromatic heterocycles. The van der Waals surface area contributed by atoms with Gasteiger partial charge < -0.3 is 10.8 Å². The van der Waals surface area contributed by atoms with E-state index in [1.165, 1.54) is 25.1 Å². The number of nitrogens with two attached hydrogens (primary N) is 1. The molecule has 0 amide bonds. The van der Waals surface area contributed by atoms with Crippen molar-refractivity contribution in [3.8, 4) is 0 Å². The number of benzene rings is 1. The van der Waals surface area contributed by atoms with Crippen LogP contribution in [0.15, 0.2) is 24.3 Å². The third-order valence-electron chi connectivity index (χ3n) is 2.48. The summed E-state index contributed by atoms with van der Waals surface area (Å²) in [5.41, 5.74) is 3.87. The molecule has 0 fully saturated rings. The molecular weight excluding hydrogens is 219 g/mol. The molecule has 0 aliphatic heterocycles. The lowest BCUT2D eigenvalue weighted by Gasteiger charge is -2.27. The fraction of sp³-hybridized carbons (Fsp3) is 0.455. The molecule has 0 radical (unpaired) electrons. The van der Waals surface area contributed by atoms with Gasteiger partial charge in [0.15, 0.2) is 0 Å². The van der Waals surface area contributed by atoms with E-state index < -0.39 is 17.3 Å². The first-order chi connectivity index (χ1) is 7.29. The van der Waals surface area contributed by atoms with Crippen LogP contribution in [0.1, 0.15) is 24.5 Å². The summed E-state index contributed by atoms with van der Waals surface area (Å²) in [7, 11) is 0. The minimum absolute atomic E-state index is 0.0107. The number of aliphatic hydroxyl groups is 1. The van der Waals surface area contributed by atoms with Crippen LogP contribution in [-0.4, -0.2) is 11.7 Å². The number of halogens is 3. The zero-order chi connectivity index (χ0) is 12.4. The highest BCUT2D eigenvalue weighted by atomic mass is 19.4. The van der Waals surface area contributed by atoms with E-state index in [0.717, 1.165) is 6.07 Å². The van der Waals surface area contributed by atoms with E-state index in [9.17, 15) is 13.2 Å². The number of alkyl halides is 3. The van der Waals surface area contributed by atoms with E-state index in [1.807, 2.05) is 0 Å². The predicted octanol–water partition coefficient (Wildman–Crippen LogP) is 2.26. The lowest BCUT2D eigenvalue weighted by molar-refractivity contribution is -0.138. The van der Waals surface area contributed by atoms with Gasteiger partial charge in [0.05, 0.1) is 5.56 Å². The van der Waals surface area contributed by atoms with Crippen molar-refractivity contribution in [1.29, 1.82) is 0 Å². The molecule has 90 valence electrons. The highest BCUT2D eigenvalue weighted by Gasteiger charge is 2.37. The summed E-state index contributed by atoms with van der Waals surface area (Å²) in [5, 5.41) is 8.80. The van der Waals surface area contributed by atoms with Crippen LogP contribution in [0.2, 0.25) is 0 Å². The second-order valence-electron chi connectivity index (χ2n) is 3.93. The number of rotatable bonds is 3. The van der Waals surface area contributed by atoms with Gasteiger partial charge in [-0.2, -0.15) is 13.2 Å². The van der Waals surface area contributed by atoms with Gasteiger partial charge >= 0.3 is 6.18 Å². The van der Waals surface area contributed by atoms with Crippen LogP contribution in [0.25, 0.3) is 0 Å². The van der Waals surface area contributed by atoms with Gasteiger partial charge in [-0.25, -0.2) is 0 Å². The van der Waals surface area contributed by atoms with Gasteiger partial charge in [-0.1, -0.05) is 18.2 Å². The summed E-state index contributed by atoms with van der Waals surface area (Å²) in [6.45, 7) is 1.23. The van der Waals surface area contributed by atoms with E-state index >= 15 is 0 Å². The highest BCUT2D eigenvalue weighted by Crippen LogP contribution is 2.36. The normalized spacial score (nSPS) is 15.9. The number of hydrogen-bond donors (Lipinski definition) is 2. The van der Waals surface area contributed by atoms with Crippen molar-refractivity contribution in [1.82, 2.24) is 0 Å². The molecule has 1 atom stereocenters. The van der Waals surface area contributed by atoms with Gasteiger partial charge in [0, 0.05) is 12.1 Å². The third kappa shape index (κ3) is 2.74. The fourth-order valence-electron chi connectivity index (χ4n) is 1.60. The maximum atomic E-state index is 12.7. The molecule has 0 saturated heterocycles. The van der Waals surface area contributed by atoms with Crippen LogP contribution >= 0.6 is 0 Å². The Bertz CT molecular complexity index is 360. The molecule has 0 saturated carbocycles. The summed E-state index contributed by atoms with van der Waals surface area (Å²) < 4.78 is 38.1. The minimum atomic E-state index is -4.42. The van der Waals surface area contributed by atoms with Crippen molar-refractivity contribution in [3.05, 3.63) is 35.4 Å². The Labute approximate surface area is 91.9 Å². The molecule has 0 heterocycles. The van der Waals surface area contributed by atoms with Gasteiger partial charge in [0.2, 0.25) is 0 Å². The Hall–Kier alpha value is -1.07. The molecule has 0 aliphatic carbocycles. The van der Waals surface area contributed by atoms with Crippen LogP contribution in [0.5, 0.6) is 0 Å². The zero-order valence-electron chi connectivity index (χ0n) is 8.88. The van der Waals surface area contributed by atoms with Gasteiger partial charge in [-0.05, 0) is 25.0 Å². The van der Waals surface area contributed by atoms with E-state index in [1.54, 1.807) is 0 Å². The SMILES string of the molecule is CC(N)(CCO)c1ccccc1C(F)(F)F. The topological polar surface area (TPSA) is 46.2 Å². The van der Waals surface area contributed by atoms with Crippen molar-refractivity contribution in [2.75, 3.05) is 6.61 Å². The van der Waals surface area contributed by atoms with Crippen molar-refractivity contribution >= 4 is 0 Å². The smallest absolute Gasteiger partial charge is 0.396 e. The van der Waals surface area contributed by atoms with E-state index in [-0.39, 0.29) is 18.6 Å². The summed E-state index contributed by atoms with van der Waals surface area (Å²) in [6.07, 6.45) is -4.34. The van der Waals surface area contributed by atoms with Crippen molar-refractivity contribution in [2.45, 2.75) is 25.1 Å². The largest absolute Gasteiger partial charge is 0.416 e. The zero-order valence-corrected chi connectivity index (χ0v) is 8.88. The molecule has 1 unspecified atom stereocenters. The molecule has 0 spiro atoms. The quantitative estimate of drug-likeness (QED) is 0.841. The van der Waals surface area contributed by atoms with Crippen molar-refractivity contribution < 1.29 is 18.3 Å². The van der Waals surface area contributed by atoms with Crippen LogP contribution in [0.3, 0.4) is 0 Å². The molecule has 2 nitrogen and oxygen atoms in total.